The number of rotatable bonds is 5. The maximum absolute atomic E-state index is 12.4. The first-order valence-corrected chi connectivity index (χ1v) is 11.9. The topological polar surface area (TPSA) is 77.2 Å². The smallest absolute Gasteiger partial charge is 0.337 e. The standard InChI is InChI=1S/C27H27Cl2N3O3/c1-14-21(16-7-9-17(28)10-8-16)22(24(26(33)34)35-27(3,4)5)15(2)30-23(14)25-31-19-12-11-18(29)13-20(19)32(25)6/h7-13,24H,1-6H3,(H,33,34). The van der Waals surface area contributed by atoms with E-state index in [4.69, 9.17) is 37.9 Å². The normalized spacial score (nSPS) is 12.8. The third-order valence-corrected chi connectivity index (χ3v) is 6.30. The summed E-state index contributed by atoms with van der Waals surface area (Å²) < 4.78 is 7.98. The number of hydrogen-bond donors (Lipinski definition) is 1. The Kier molecular flexibility index (Phi) is 6.66. The van der Waals surface area contributed by atoms with Gasteiger partial charge in [-0.3, -0.25) is 0 Å². The molecule has 2 heterocycles. The van der Waals surface area contributed by atoms with Crippen molar-refractivity contribution in [3.8, 4) is 22.6 Å². The third-order valence-electron chi connectivity index (χ3n) is 5.81. The number of pyridine rings is 1. The van der Waals surface area contributed by atoms with Gasteiger partial charge in [-0.05, 0) is 81.6 Å². The molecule has 0 radical (unpaired) electrons. The van der Waals surface area contributed by atoms with Crippen LogP contribution in [0.5, 0.6) is 0 Å². The molecule has 1 atom stereocenters. The lowest BCUT2D eigenvalue weighted by Crippen LogP contribution is -2.28. The van der Waals surface area contributed by atoms with E-state index in [0.29, 0.717) is 32.8 Å². The molecule has 0 aliphatic rings. The SMILES string of the molecule is Cc1nc(-c2nc3ccc(Cl)cc3n2C)c(C)c(-c2ccc(Cl)cc2)c1C(OC(C)(C)C)C(=O)O. The number of aliphatic carboxylic acids is 1. The molecule has 1 unspecified atom stereocenters. The zero-order valence-corrected chi connectivity index (χ0v) is 22.0. The maximum Gasteiger partial charge on any atom is 0.337 e. The molecule has 0 saturated heterocycles. The minimum absolute atomic E-state index is 0.512. The van der Waals surface area contributed by atoms with Gasteiger partial charge in [0.1, 0.15) is 5.69 Å². The lowest BCUT2D eigenvalue weighted by atomic mass is 9.89. The minimum atomic E-state index is -1.21. The average molecular weight is 512 g/mol. The first kappa shape index (κ1) is 25.2. The number of aromatic nitrogens is 3. The summed E-state index contributed by atoms with van der Waals surface area (Å²) in [7, 11) is 1.91. The van der Waals surface area contributed by atoms with Crippen molar-refractivity contribution < 1.29 is 14.6 Å². The molecule has 0 amide bonds. The molecule has 0 spiro atoms. The number of hydrogen-bond acceptors (Lipinski definition) is 4. The van der Waals surface area contributed by atoms with Gasteiger partial charge in [-0.2, -0.15) is 0 Å². The summed E-state index contributed by atoms with van der Waals surface area (Å²) in [4.78, 5) is 22.1. The average Bonchev–Trinajstić information content (AvgIpc) is 3.09. The van der Waals surface area contributed by atoms with E-state index < -0.39 is 17.7 Å². The molecular weight excluding hydrogens is 485 g/mol. The summed E-state index contributed by atoms with van der Waals surface area (Å²) in [6, 6.07) is 12.9. The molecule has 4 rings (SSSR count). The van der Waals surface area contributed by atoms with Crippen LogP contribution < -0.4 is 0 Å². The van der Waals surface area contributed by atoms with E-state index in [0.717, 1.165) is 27.7 Å². The Balaban J connectivity index is 2.05. The van der Waals surface area contributed by atoms with Crippen LogP contribution in [-0.4, -0.2) is 31.2 Å². The van der Waals surface area contributed by atoms with Crippen molar-refractivity contribution in [1.29, 1.82) is 0 Å². The molecule has 1 N–H and O–H groups in total. The highest BCUT2D eigenvalue weighted by Crippen LogP contribution is 2.41. The predicted octanol–water partition coefficient (Wildman–Crippen LogP) is 7.17. The number of nitrogens with zero attached hydrogens (tertiary/aromatic N) is 3. The summed E-state index contributed by atoms with van der Waals surface area (Å²) in [5, 5.41) is 11.4. The van der Waals surface area contributed by atoms with Gasteiger partial charge < -0.3 is 14.4 Å². The Labute approximate surface area is 214 Å². The second-order valence-corrected chi connectivity index (χ2v) is 10.4. The Morgan fingerprint density at radius 2 is 1.66 bits per heavy atom. The number of carboxylic acid groups (broad SMARTS) is 1. The second-order valence-electron chi connectivity index (χ2n) is 9.54. The third kappa shape index (κ3) is 4.92. The molecule has 2 aromatic heterocycles. The van der Waals surface area contributed by atoms with Crippen molar-refractivity contribution in [1.82, 2.24) is 14.5 Å². The van der Waals surface area contributed by atoms with E-state index in [1.54, 1.807) is 25.1 Å². The molecule has 182 valence electrons. The van der Waals surface area contributed by atoms with Crippen LogP contribution in [0, 0.1) is 13.8 Å². The first-order chi connectivity index (χ1) is 16.4. The Morgan fingerprint density at radius 1 is 1.03 bits per heavy atom. The molecule has 0 aliphatic carbocycles. The van der Waals surface area contributed by atoms with E-state index in [9.17, 15) is 9.90 Å². The molecule has 6 nitrogen and oxygen atoms in total. The van der Waals surface area contributed by atoms with Gasteiger partial charge in [0, 0.05) is 28.4 Å². The van der Waals surface area contributed by atoms with Crippen LogP contribution in [0.1, 0.15) is 43.7 Å². The van der Waals surface area contributed by atoms with Crippen LogP contribution in [0.15, 0.2) is 42.5 Å². The fourth-order valence-corrected chi connectivity index (χ4v) is 4.59. The number of ether oxygens (including phenoxy) is 1. The van der Waals surface area contributed by atoms with Gasteiger partial charge in [0.25, 0.3) is 0 Å². The first-order valence-electron chi connectivity index (χ1n) is 11.2. The van der Waals surface area contributed by atoms with Crippen molar-refractivity contribution in [3.05, 3.63) is 69.3 Å². The minimum Gasteiger partial charge on any atom is -0.479 e. The number of fused-ring (bicyclic) bond motifs is 1. The van der Waals surface area contributed by atoms with Gasteiger partial charge in [0.2, 0.25) is 0 Å². The Bertz CT molecular complexity index is 1440. The van der Waals surface area contributed by atoms with Crippen LogP contribution in [0.3, 0.4) is 0 Å². The number of halogens is 2. The highest BCUT2D eigenvalue weighted by Gasteiger charge is 2.33. The molecule has 0 saturated carbocycles. The lowest BCUT2D eigenvalue weighted by Gasteiger charge is -2.28. The van der Waals surface area contributed by atoms with Crippen molar-refractivity contribution in [2.45, 2.75) is 46.3 Å². The number of imidazole rings is 1. The van der Waals surface area contributed by atoms with Crippen LogP contribution in [-0.2, 0) is 16.6 Å². The van der Waals surface area contributed by atoms with E-state index in [1.807, 2.05) is 63.6 Å². The van der Waals surface area contributed by atoms with Crippen LogP contribution in [0.4, 0.5) is 0 Å². The second kappa shape index (κ2) is 9.26. The van der Waals surface area contributed by atoms with E-state index >= 15 is 0 Å². The quantitative estimate of drug-likeness (QED) is 0.307. The number of aryl methyl sites for hydroxylation is 2. The summed E-state index contributed by atoms with van der Waals surface area (Å²) in [5.41, 5.74) is 5.06. The lowest BCUT2D eigenvalue weighted by molar-refractivity contribution is -0.160. The summed E-state index contributed by atoms with van der Waals surface area (Å²) >= 11 is 12.4. The Morgan fingerprint density at radius 3 is 2.26 bits per heavy atom. The molecular formula is C27H27Cl2N3O3. The van der Waals surface area contributed by atoms with Gasteiger partial charge >= 0.3 is 5.97 Å². The van der Waals surface area contributed by atoms with Gasteiger partial charge in [-0.15, -0.1) is 0 Å². The van der Waals surface area contributed by atoms with Crippen LogP contribution in [0.2, 0.25) is 10.0 Å². The molecule has 35 heavy (non-hydrogen) atoms. The van der Waals surface area contributed by atoms with Crippen LogP contribution in [0.25, 0.3) is 33.7 Å². The Hall–Kier alpha value is -2.93. The molecule has 4 aromatic rings. The van der Waals surface area contributed by atoms with Gasteiger partial charge in [0.05, 0.1) is 16.6 Å². The molecule has 0 fully saturated rings. The summed E-state index contributed by atoms with van der Waals surface area (Å²) in [5.74, 6) is -0.419. The van der Waals surface area contributed by atoms with Crippen molar-refractivity contribution in [2.24, 2.45) is 7.05 Å². The highest BCUT2D eigenvalue weighted by atomic mass is 35.5. The van der Waals surface area contributed by atoms with Gasteiger partial charge in [-0.1, -0.05) is 35.3 Å². The highest BCUT2D eigenvalue weighted by molar-refractivity contribution is 6.31. The molecule has 0 aliphatic heterocycles. The van der Waals surface area contributed by atoms with Crippen molar-refractivity contribution >= 4 is 40.2 Å². The monoisotopic (exact) mass is 511 g/mol. The fourth-order valence-electron chi connectivity index (χ4n) is 4.30. The maximum atomic E-state index is 12.4. The van der Waals surface area contributed by atoms with Gasteiger partial charge in [-0.25, -0.2) is 14.8 Å². The zero-order valence-electron chi connectivity index (χ0n) is 20.5. The molecule has 8 heteroatoms. The predicted molar refractivity (Wildman–Crippen MR) is 140 cm³/mol. The molecule has 0 bridgehead atoms. The zero-order chi connectivity index (χ0) is 25.7. The van der Waals surface area contributed by atoms with Crippen molar-refractivity contribution in [3.63, 3.8) is 0 Å². The van der Waals surface area contributed by atoms with Crippen molar-refractivity contribution in [2.75, 3.05) is 0 Å². The molecule has 2 aromatic carbocycles. The number of carboxylic acids is 1. The summed E-state index contributed by atoms with van der Waals surface area (Å²) in [6.45, 7) is 9.23. The van der Waals surface area contributed by atoms with Gasteiger partial charge in [0.15, 0.2) is 11.9 Å². The number of carbonyl (C=O) groups is 1. The van der Waals surface area contributed by atoms with E-state index in [2.05, 4.69) is 0 Å². The fraction of sp³-hybridized carbons (Fsp3) is 0.296. The van der Waals surface area contributed by atoms with Crippen LogP contribution >= 0.6 is 23.2 Å². The largest absolute Gasteiger partial charge is 0.479 e. The summed E-state index contributed by atoms with van der Waals surface area (Å²) in [6.07, 6.45) is -1.21. The van der Waals surface area contributed by atoms with E-state index in [1.165, 1.54) is 0 Å². The van der Waals surface area contributed by atoms with E-state index in [-0.39, 0.29) is 0 Å². The number of benzene rings is 2.